The maximum absolute atomic E-state index is 12.4. The number of aryl methyl sites for hydroxylation is 1. The second kappa shape index (κ2) is 6.58. The van der Waals surface area contributed by atoms with Crippen molar-refractivity contribution in [3.8, 4) is 0 Å². The number of fused-ring (bicyclic) bond motifs is 1. The van der Waals surface area contributed by atoms with Crippen LogP contribution >= 0.6 is 11.3 Å². The number of carbonyl (C=O) groups is 1. The molecule has 1 aliphatic rings. The van der Waals surface area contributed by atoms with Gasteiger partial charge in [-0.2, -0.15) is 0 Å². The lowest BCUT2D eigenvalue weighted by molar-refractivity contribution is 0.0944. The first kappa shape index (κ1) is 15.2. The molecule has 6 nitrogen and oxygen atoms in total. The van der Waals surface area contributed by atoms with Gasteiger partial charge in [0, 0.05) is 30.4 Å². The predicted octanol–water partition coefficient (Wildman–Crippen LogP) is 1.28. The van der Waals surface area contributed by atoms with Crippen LogP contribution in [0.25, 0.3) is 4.96 Å². The number of hydrogen-bond donors (Lipinski definition) is 1. The van der Waals surface area contributed by atoms with Gasteiger partial charge in [-0.25, -0.2) is 4.98 Å². The number of thiazole rings is 1. The Morgan fingerprint density at radius 3 is 2.91 bits per heavy atom. The van der Waals surface area contributed by atoms with Crippen LogP contribution in [-0.2, 0) is 0 Å². The first-order chi connectivity index (χ1) is 10.7. The van der Waals surface area contributed by atoms with Crippen molar-refractivity contribution in [3.05, 3.63) is 33.2 Å². The molecule has 0 saturated carbocycles. The number of hydrogen-bond acceptors (Lipinski definition) is 5. The number of aromatic nitrogens is 2. The lowest BCUT2D eigenvalue weighted by Gasteiger charge is -2.26. The first-order valence-corrected chi connectivity index (χ1v) is 8.51. The Kier molecular flexibility index (Phi) is 4.54. The summed E-state index contributed by atoms with van der Waals surface area (Å²) in [6.45, 7) is 5.43. The third-order valence-corrected chi connectivity index (χ3v) is 4.98. The molecule has 1 fully saturated rings. The minimum atomic E-state index is -0.338. The minimum Gasteiger partial charge on any atom is -0.351 e. The highest BCUT2D eigenvalue weighted by Gasteiger charge is 2.15. The van der Waals surface area contributed by atoms with E-state index < -0.39 is 0 Å². The number of rotatable bonds is 4. The van der Waals surface area contributed by atoms with Crippen molar-refractivity contribution < 1.29 is 4.79 Å². The molecule has 0 atom stereocenters. The highest BCUT2D eigenvalue weighted by molar-refractivity contribution is 7.15. The van der Waals surface area contributed by atoms with Gasteiger partial charge in [-0.15, -0.1) is 11.3 Å². The molecule has 0 bridgehead atoms. The van der Waals surface area contributed by atoms with E-state index in [1.165, 1.54) is 41.2 Å². The molecular formula is C15H20N4O2S. The fourth-order valence-corrected chi connectivity index (χ4v) is 3.61. The van der Waals surface area contributed by atoms with Gasteiger partial charge in [-0.05, 0) is 32.9 Å². The molecule has 3 rings (SSSR count). The van der Waals surface area contributed by atoms with Crippen molar-refractivity contribution in [1.29, 1.82) is 0 Å². The lowest BCUT2D eigenvalue weighted by atomic mass is 10.1. The van der Waals surface area contributed by atoms with Gasteiger partial charge in [-0.1, -0.05) is 6.42 Å². The van der Waals surface area contributed by atoms with Crippen LogP contribution in [0.4, 0.5) is 0 Å². The van der Waals surface area contributed by atoms with Gasteiger partial charge < -0.3 is 10.2 Å². The number of nitrogens with one attached hydrogen (secondary N) is 1. The molecule has 118 valence electrons. The van der Waals surface area contributed by atoms with E-state index in [0.29, 0.717) is 11.5 Å². The van der Waals surface area contributed by atoms with Gasteiger partial charge in [0.15, 0.2) is 4.96 Å². The molecule has 22 heavy (non-hydrogen) atoms. The number of piperidine rings is 1. The molecule has 1 amide bonds. The van der Waals surface area contributed by atoms with Gasteiger partial charge in [0.05, 0.1) is 0 Å². The largest absolute Gasteiger partial charge is 0.351 e. The zero-order valence-electron chi connectivity index (χ0n) is 12.7. The summed E-state index contributed by atoms with van der Waals surface area (Å²) in [7, 11) is 0. The molecule has 7 heteroatoms. The Morgan fingerprint density at radius 1 is 1.36 bits per heavy atom. The second-order valence-corrected chi connectivity index (χ2v) is 6.47. The third-order valence-electron chi connectivity index (χ3n) is 4.02. The summed E-state index contributed by atoms with van der Waals surface area (Å²) in [5, 5.41) is 4.70. The normalized spacial score (nSPS) is 16.0. The van der Waals surface area contributed by atoms with E-state index in [1.807, 2.05) is 12.3 Å². The fraction of sp³-hybridized carbons (Fsp3) is 0.533. The zero-order chi connectivity index (χ0) is 15.5. The van der Waals surface area contributed by atoms with Crippen LogP contribution in [0.1, 0.15) is 35.3 Å². The van der Waals surface area contributed by atoms with Gasteiger partial charge in [-0.3, -0.25) is 14.0 Å². The van der Waals surface area contributed by atoms with E-state index >= 15 is 0 Å². The van der Waals surface area contributed by atoms with Crippen LogP contribution in [0.5, 0.6) is 0 Å². The minimum absolute atomic E-state index is 0.109. The van der Waals surface area contributed by atoms with Crippen molar-refractivity contribution in [2.24, 2.45) is 0 Å². The molecule has 1 saturated heterocycles. The predicted molar refractivity (Wildman–Crippen MR) is 86.7 cm³/mol. The monoisotopic (exact) mass is 320 g/mol. The van der Waals surface area contributed by atoms with Crippen LogP contribution < -0.4 is 10.9 Å². The van der Waals surface area contributed by atoms with Gasteiger partial charge in [0.2, 0.25) is 0 Å². The molecule has 3 heterocycles. The van der Waals surface area contributed by atoms with E-state index in [0.717, 1.165) is 25.3 Å². The maximum Gasteiger partial charge on any atom is 0.271 e. The zero-order valence-corrected chi connectivity index (χ0v) is 13.5. The molecular weight excluding hydrogens is 300 g/mol. The summed E-state index contributed by atoms with van der Waals surface area (Å²) in [4.78, 5) is 31.7. The molecule has 1 aliphatic heterocycles. The fourth-order valence-electron chi connectivity index (χ4n) is 2.79. The summed E-state index contributed by atoms with van der Waals surface area (Å²) in [5.74, 6) is -0.338. The molecule has 0 spiro atoms. The van der Waals surface area contributed by atoms with Crippen LogP contribution in [0.15, 0.2) is 16.4 Å². The molecule has 2 aromatic heterocycles. The van der Waals surface area contributed by atoms with Gasteiger partial charge >= 0.3 is 0 Å². The van der Waals surface area contributed by atoms with E-state index in [2.05, 4.69) is 15.2 Å². The highest BCUT2D eigenvalue weighted by Crippen LogP contribution is 2.11. The van der Waals surface area contributed by atoms with Crippen molar-refractivity contribution in [1.82, 2.24) is 19.6 Å². The quantitative estimate of drug-likeness (QED) is 0.921. The average molecular weight is 320 g/mol. The maximum atomic E-state index is 12.4. The smallest absolute Gasteiger partial charge is 0.271 e. The van der Waals surface area contributed by atoms with Crippen molar-refractivity contribution in [2.75, 3.05) is 26.2 Å². The topological polar surface area (TPSA) is 66.7 Å². The summed E-state index contributed by atoms with van der Waals surface area (Å²) < 4.78 is 1.49. The SMILES string of the molecule is Cc1csc2ncc(C(=O)NCCN3CCCCC3)c(=O)n12. The molecule has 0 unspecified atom stereocenters. The summed E-state index contributed by atoms with van der Waals surface area (Å²) in [6.07, 6.45) is 5.13. The highest BCUT2D eigenvalue weighted by atomic mass is 32.1. The molecule has 1 N–H and O–H groups in total. The Labute approximate surface area is 132 Å². The summed E-state index contributed by atoms with van der Waals surface area (Å²) in [6, 6.07) is 0. The number of amides is 1. The second-order valence-electron chi connectivity index (χ2n) is 5.63. The first-order valence-electron chi connectivity index (χ1n) is 7.63. The van der Waals surface area contributed by atoms with Crippen LogP contribution in [0.3, 0.4) is 0 Å². The Bertz CT molecular complexity index is 731. The van der Waals surface area contributed by atoms with E-state index in [4.69, 9.17) is 0 Å². The van der Waals surface area contributed by atoms with Gasteiger partial charge in [0.25, 0.3) is 11.5 Å². The Balaban J connectivity index is 1.66. The van der Waals surface area contributed by atoms with Crippen LogP contribution in [0, 0.1) is 6.92 Å². The number of likely N-dealkylation sites (tertiary alicyclic amines) is 1. The van der Waals surface area contributed by atoms with E-state index in [1.54, 1.807) is 0 Å². The molecule has 2 aromatic rings. The van der Waals surface area contributed by atoms with Gasteiger partial charge in [0.1, 0.15) is 5.56 Å². The third kappa shape index (κ3) is 3.05. The summed E-state index contributed by atoms with van der Waals surface area (Å²) in [5.41, 5.74) is 0.623. The van der Waals surface area contributed by atoms with Crippen molar-refractivity contribution in [3.63, 3.8) is 0 Å². The molecule has 0 aromatic carbocycles. The van der Waals surface area contributed by atoms with E-state index in [-0.39, 0.29) is 17.0 Å². The molecule has 0 radical (unpaired) electrons. The van der Waals surface area contributed by atoms with E-state index in [9.17, 15) is 9.59 Å². The number of carbonyl (C=O) groups excluding carboxylic acids is 1. The van der Waals surface area contributed by atoms with Crippen LogP contribution in [-0.4, -0.2) is 46.4 Å². The van der Waals surface area contributed by atoms with Crippen molar-refractivity contribution in [2.45, 2.75) is 26.2 Å². The summed E-state index contributed by atoms with van der Waals surface area (Å²) >= 11 is 1.40. The molecule has 0 aliphatic carbocycles. The van der Waals surface area contributed by atoms with Crippen molar-refractivity contribution >= 4 is 22.2 Å². The Morgan fingerprint density at radius 2 is 2.14 bits per heavy atom. The standard InChI is InChI=1S/C15H20N4O2S/c1-11-10-22-15-17-9-12(14(21)19(11)15)13(20)16-5-8-18-6-3-2-4-7-18/h9-10H,2-8H2,1H3,(H,16,20). The number of nitrogens with zero attached hydrogens (tertiary/aromatic N) is 3. The Hall–Kier alpha value is -1.73. The van der Waals surface area contributed by atoms with Crippen LogP contribution in [0.2, 0.25) is 0 Å². The lowest BCUT2D eigenvalue weighted by Crippen LogP contribution is -2.39. The average Bonchev–Trinajstić information content (AvgIpc) is 2.91.